The highest BCUT2D eigenvalue weighted by Gasteiger charge is 2.13. The summed E-state index contributed by atoms with van der Waals surface area (Å²) in [6.07, 6.45) is 0. The fourth-order valence-corrected chi connectivity index (χ4v) is 2.61. The lowest BCUT2D eigenvalue weighted by Gasteiger charge is -2.11. The van der Waals surface area contributed by atoms with E-state index in [9.17, 15) is 0 Å². The van der Waals surface area contributed by atoms with Gasteiger partial charge < -0.3 is 5.32 Å². The molecule has 3 rings (SSSR count). The molecule has 2 heterocycles. The van der Waals surface area contributed by atoms with Crippen LogP contribution in [0.3, 0.4) is 0 Å². The standard InChI is InChI=1S/C17H20N4/c1-11-12(2)20-21(13(11)3)17-9-14(10-18-4)19-16-8-6-5-7-15(16)17/h5-9,18H,10H2,1-4H3. The monoisotopic (exact) mass is 280 g/mol. The second-order valence-electron chi connectivity index (χ2n) is 5.39. The van der Waals surface area contributed by atoms with Gasteiger partial charge in [-0.1, -0.05) is 18.2 Å². The highest BCUT2D eigenvalue weighted by molar-refractivity contribution is 5.87. The molecule has 4 heteroatoms. The summed E-state index contributed by atoms with van der Waals surface area (Å²) in [4.78, 5) is 4.71. The van der Waals surface area contributed by atoms with Gasteiger partial charge in [-0.15, -0.1) is 0 Å². The first-order valence-corrected chi connectivity index (χ1v) is 7.18. The highest BCUT2D eigenvalue weighted by atomic mass is 15.3. The van der Waals surface area contributed by atoms with Gasteiger partial charge in [-0.05, 0) is 45.5 Å². The number of fused-ring (bicyclic) bond motifs is 1. The molecule has 0 radical (unpaired) electrons. The van der Waals surface area contributed by atoms with Crippen LogP contribution in [0.25, 0.3) is 16.6 Å². The summed E-state index contributed by atoms with van der Waals surface area (Å²) in [6.45, 7) is 7.03. The third kappa shape index (κ3) is 2.32. The molecular weight excluding hydrogens is 260 g/mol. The largest absolute Gasteiger partial charge is 0.314 e. The number of hydrogen-bond donors (Lipinski definition) is 1. The minimum absolute atomic E-state index is 0.746. The normalized spacial score (nSPS) is 11.2. The lowest BCUT2D eigenvalue weighted by Crippen LogP contribution is -2.09. The number of nitrogens with one attached hydrogen (secondary N) is 1. The van der Waals surface area contributed by atoms with E-state index in [1.54, 1.807) is 0 Å². The van der Waals surface area contributed by atoms with Crippen molar-refractivity contribution in [2.24, 2.45) is 0 Å². The van der Waals surface area contributed by atoms with Crippen LogP contribution in [0.2, 0.25) is 0 Å². The first-order valence-electron chi connectivity index (χ1n) is 7.18. The van der Waals surface area contributed by atoms with Crippen LogP contribution in [0.5, 0.6) is 0 Å². The topological polar surface area (TPSA) is 42.7 Å². The Hall–Kier alpha value is -2.20. The Morgan fingerprint density at radius 1 is 1.14 bits per heavy atom. The molecule has 3 aromatic rings. The molecule has 0 spiro atoms. The van der Waals surface area contributed by atoms with Crippen molar-refractivity contribution in [2.45, 2.75) is 27.3 Å². The number of nitrogens with zero attached hydrogens (tertiary/aromatic N) is 3. The molecule has 0 fully saturated rings. The number of aryl methyl sites for hydroxylation is 1. The van der Waals surface area contributed by atoms with Crippen LogP contribution in [-0.2, 0) is 6.54 Å². The molecule has 108 valence electrons. The smallest absolute Gasteiger partial charge is 0.0761 e. The number of pyridine rings is 1. The predicted octanol–water partition coefficient (Wildman–Crippen LogP) is 3.07. The van der Waals surface area contributed by atoms with Crippen molar-refractivity contribution >= 4 is 10.9 Å². The van der Waals surface area contributed by atoms with Gasteiger partial charge in [0, 0.05) is 17.6 Å². The second-order valence-corrected chi connectivity index (χ2v) is 5.39. The quantitative estimate of drug-likeness (QED) is 0.802. The lowest BCUT2D eigenvalue weighted by molar-refractivity contribution is 0.786. The zero-order valence-electron chi connectivity index (χ0n) is 12.9. The van der Waals surface area contributed by atoms with Crippen LogP contribution in [0.4, 0.5) is 0 Å². The Morgan fingerprint density at radius 3 is 2.57 bits per heavy atom. The van der Waals surface area contributed by atoms with E-state index < -0.39 is 0 Å². The lowest BCUT2D eigenvalue weighted by atomic mass is 10.1. The van der Waals surface area contributed by atoms with Crippen molar-refractivity contribution in [3.8, 4) is 5.69 Å². The fraction of sp³-hybridized carbons (Fsp3) is 0.294. The molecule has 2 aromatic heterocycles. The van der Waals surface area contributed by atoms with Crippen LogP contribution in [0.15, 0.2) is 30.3 Å². The molecule has 21 heavy (non-hydrogen) atoms. The third-order valence-electron chi connectivity index (χ3n) is 3.99. The molecular formula is C17H20N4. The number of aromatic nitrogens is 3. The summed E-state index contributed by atoms with van der Waals surface area (Å²) in [6, 6.07) is 10.3. The summed E-state index contributed by atoms with van der Waals surface area (Å²) in [5.41, 5.74) is 6.62. The number of benzene rings is 1. The molecule has 0 saturated heterocycles. The van der Waals surface area contributed by atoms with Crippen molar-refractivity contribution in [2.75, 3.05) is 7.05 Å². The molecule has 1 N–H and O–H groups in total. The van der Waals surface area contributed by atoms with Gasteiger partial charge in [0.05, 0.1) is 22.6 Å². The van der Waals surface area contributed by atoms with E-state index >= 15 is 0 Å². The van der Waals surface area contributed by atoms with Crippen molar-refractivity contribution in [1.82, 2.24) is 20.1 Å². The van der Waals surface area contributed by atoms with Crippen LogP contribution >= 0.6 is 0 Å². The SMILES string of the molecule is CNCc1cc(-n2nc(C)c(C)c2C)c2ccccc2n1. The summed E-state index contributed by atoms with van der Waals surface area (Å²) < 4.78 is 2.04. The molecule has 0 amide bonds. The average molecular weight is 280 g/mol. The van der Waals surface area contributed by atoms with Gasteiger partial charge in [0.25, 0.3) is 0 Å². The van der Waals surface area contributed by atoms with E-state index in [0.717, 1.165) is 34.5 Å². The van der Waals surface area contributed by atoms with Crippen LogP contribution in [0.1, 0.15) is 22.6 Å². The molecule has 0 saturated carbocycles. The van der Waals surface area contributed by atoms with E-state index in [4.69, 9.17) is 10.1 Å². The van der Waals surface area contributed by atoms with Crippen molar-refractivity contribution < 1.29 is 0 Å². The molecule has 0 bridgehead atoms. The van der Waals surface area contributed by atoms with E-state index in [0.29, 0.717) is 0 Å². The molecule has 0 unspecified atom stereocenters. The Labute approximate surface area is 124 Å². The van der Waals surface area contributed by atoms with E-state index in [-0.39, 0.29) is 0 Å². The van der Waals surface area contributed by atoms with E-state index in [1.165, 1.54) is 11.3 Å². The van der Waals surface area contributed by atoms with Gasteiger partial charge in [-0.2, -0.15) is 5.10 Å². The molecule has 0 aliphatic heterocycles. The summed E-state index contributed by atoms with van der Waals surface area (Å²) in [7, 11) is 1.93. The Bertz CT molecular complexity index is 802. The molecule has 0 aliphatic carbocycles. The molecule has 4 nitrogen and oxygen atoms in total. The maximum absolute atomic E-state index is 4.71. The molecule has 0 aliphatic rings. The summed E-state index contributed by atoms with van der Waals surface area (Å²) >= 11 is 0. The zero-order chi connectivity index (χ0) is 15.0. The predicted molar refractivity (Wildman–Crippen MR) is 85.8 cm³/mol. The first kappa shape index (κ1) is 13.8. The van der Waals surface area contributed by atoms with Crippen molar-refractivity contribution in [3.05, 3.63) is 53.0 Å². The number of rotatable bonds is 3. The minimum atomic E-state index is 0.746. The van der Waals surface area contributed by atoms with Crippen LogP contribution in [-0.4, -0.2) is 21.8 Å². The molecule has 0 atom stereocenters. The maximum atomic E-state index is 4.71. The van der Waals surface area contributed by atoms with Crippen molar-refractivity contribution in [1.29, 1.82) is 0 Å². The maximum Gasteiger partial charge on any atom is 0.0761 e. The second kappa shape index (κ2) is 5.30. The zero-order valence-corrected chi connectivity index (χ0v) is 12.9. The van der Waals surface area contributed by atoms with Gasteiger partial charge in [0.2, 0.25) is 0 Å². The highest BCUT2D eigenvalue weighted by Crippen LogP contribution is 2.25. The first-order chi connectivity index (χ1) is 10.1. The third-order valence-corrected chi connectivity index (χ3v) is 3.99. The Kier molecular flexibility index (Phi) is 3.47. The Balaban J connectivity index is 2.31. The van der Waals surface area contributed by atoms with Crippen LogP contribution < -0.4 is 5.32 Å². The Morgan fingerprint density at radius 2 is 1.90 bits per heavy atom. The van der Waals surface area contributed by atoms with Gasteiger partial charge in [0.1, 0.15) is 0 Å². The average Bonchev–Trinajstić information content (AvgIpc) is 2.74. The number of hydrogen-bond acceptors (Lipinski definition) is 3. The van der Waals surface area contributed by atoms with Gasteiger partial charge >= 0.3 is 0 Å². The van der Waals surface area contributed by atoms with Gasteiger partial charge in [-0.25, -0.2) is 4.68 Å². The van der Waals surface area contributed by atoms with E-state index in [1.807, 2.05) is 23.9 Å². The van der Waals surface area contributed by atoms with E-state index in [2.05, 4.69) is 44.3 Å². The van der Waals surface area contributed by atoms with Gasteiger partial charge in [0.15, 0.2) is 0 Å². The molecule has 1 aromatic carbocycles. The van der Waals surface area contributed by atoms with Crippen LogP contribution in [0, 0.1) is 20.8 Å². The van der Waals surface area contributed by atoms with Crippen molar-refractivity contribution in [3.63, 3.8) is 0 Å². The number of para-hydroxylation sites is 1. The minimum Gasteiger partial charge on any atom is -0.314 e. The van der Waals surface area contributed by atoms with Gasteiger partial charge in [-0.3, -0.25) is 4.98 Å². The fourth-order valence-electron chi connectivity index (χ4n) is 2.61. The summed E-state index contributed by atoms with van der Waals surface area (Å²) in [5.74, 6) is 0. The summed E-state index contributed by atoms with van der Waals surface area (Å²) in [5, 5.41) is 8.99.